The lowest BCUT2D eigenvalue weighted by atomic mass is 10.1. The molecule has 19 heteroatoms. The molecule has 14 nitrogen and oxygen atoms in total. The summed E-state index contributed by atoms with van der Waals surface area (Å²) < 4.78 is 63.3. The number of alkyl halides is 3. The van der Waals surface area contributed by atoms with Gasteiger partial charge in [-0.1, -0.05) is 18.5 Å². The molecule has 0 radical (unpaired) electrons. The van der Waals surface area contributed by atoms with E-state index in [1.54, 1.807) is 24.8 Å². The Morgan fingerprint density at radius 2 is 1.85 bits per heavy atom. The standard InChI is InChI=1S/C35H32ClF4N9O5/c1-4-25-29(46-7-9-47(10-8-46)32(52)28-30(51)18(3)41-16-42-28)33(53)49-34(44-31(45-49)21-12-19-11-17(2)54-26(19)14-23(21)37)48(25)15-27(50)43-24-6-5-20(13-22(24)36)35(38,39)40/h5-6,12-14,16-17,51H,4,7-11,15H2,1-3H3,(H,43,50). The number of nitrogens with zero attached hydrogens (tertiary/aromatic N) is 8. The van der Waals surface area contributed by atoms with Gasteiger partial charge in [0.15, 0.2) is 17.3 Å². The van der Waals surface area contributed by atoms with Crippen molar-refractivity contribution in [2.45, 2.75) is 52.4 Å². The molecule has 0 saturated carbocycles. The number of carbonyl (C=O) groups excluding carboxylic acids is 2. The average Bonchev–Trinajstić information content (AvgIpc) is 3.73. The van der Waals surface area contributed by atoms with Crippen molar-refractivity contribution in [3.8, 4) is 22.9 Å². The Bertz CT molecular complexity index is 2390. The van der Waals surface area contributed by atoms with Crippen molar-refractivity contribution >= 4 is 40.6 Å². The van der Waals surface area contributed by atoms with Crippen LogP contribution in [0.5, 0.6) is 11.5 Å². The third-order valence-electron chi connectivity index (χ3n) is 9.35. The van der Waals surface area contributed by atoms with Crippen molar-refractivity contribution in [2.75, 3.05) is 36.4 Å². The van der Waals surface area contributed by atoms with Crippen molar-refractivity contribution in [2.24, 2.45) is 0 Å². The van der Waals surface area contributed by atoms with Crippen LogP contribution in [-0.2, 0) is 30.4 Å². The number of hydrogen-bond donors (Lipinski definition) is 2. The minimum Gasteiger partial charge on any atom is -0.504 e. The molecule has 0 aliphatic carbocycles. The van der Waals surface area contributed by atoms with Crippen LogP contribution in [0.15, 0.2) is 41.5 Å². The van der Waals surface area contributed by atoms with Gasteiger partial charge in [0.2, 0.25) is 11.7 Å². The van der Waals surface area contributed by atoms with Crippen molar-refractivity contribution in [1.29, 1.82) is 0 Å². The molecule has 2 N–H and O–H groups in total. The van der Waals surface area contributed by atoms with E-state index < -0.39 is 41.5 Å². The minimum absolute atomic E-state index is 0.0111. The fraction of sp³-hybridized carbons (Fsp3) is 0.343. The van der Waals surface area contributed by atoms with Crippen LogP contribution in [0.4, 0.5) is 28.9 Å². The molecule has 2 amide bonds. The number of aromatic hydroxyl groups is 1. The summed E-state index contributed by atoms with van der Waals surface area (Å²) in [5.41, 5.74) is -0.319. The number of hydrogen-bond acceptors (Lipinski definition) is 10. The largest absolute Gasteiger partial charge is 0.504 e. The molecule has 1 atom stereocenters. The Balaban J connectivity index is 1.27. The average molecular weight is 770 g/mol. The van der Waals surface area contributed by atoms with E-state index in [-0.39, 0.29) is 89.4 Å². The molecule has 7 rings (SSSR count). The molecule has 1 unspecified atom stereocenters. The molecule has 2 aliphatic heterocycles. The van der Waals surface area contributed by atoms with Gasteiger partial charge in [0.1, 0.15) is 36.2 Å². The second-order valence-electron chi connectivity index (χ2n) is 12.9. The summed E-state index contributed by atoms with van der Waals surface area (Å²) in [5.74, 6) is -2.06. The number of carbonyl (C=O) groups is 2. The quantitative estimate of drug-likeness (QED) is 0.223. The molecular formula is C35H32ClF4N9O5. The van der Waals surface area contributed by atoms with Crippen LogP contribution >= 0.6 is 11.6 Å². The van der Waals surface area contributed by atoms with Crippen LogP contribution in [0.2, 0.25) is 5.02 Å². The highest BCUT2D eigenvalue weighted by Crippen LogP contribution is 2.36. The Morgan fingerprint density at radius 3 is 2.54 bits per heavy atom. The van der Waals surface area contributed by atoms with E-state index >= 15 is 4.39 Å². The smallest absolute Gasteiger partial charge is 0.416 e. The van der Waals surface area contributed by atoms with Gasteiger partial charge in [-0.15, -0.1) is 5.10 Å². The van der Waals surface area contributed by atoms with E-state index in [1.165, 1.54) is 21.9 Å². The second kappa shape index (κ2) is 13.9. The number of amides is 2. The van der Waals surface area contributed by atoms with E-state index in [2.05, 4.69) is 25.4 Å². The number of piperazine rings is 1. The van der Waals surface area contributed by atoms with E-state index in [0.717, 1.165) is 22.2 Å². The third-order valence-corrected chi connectivity index (χ3v) is 9.66. The van der Waals surface area contributed by atoms with Crippen LogP contribution in [0, 0.1) is 12.7 Å². The maximum absolute atomic E-state index is 15.5. The van der Waals surface area contributed by atoms with E-state index in [4.69, 9.17) is 16.3 Å². The summed E-state index contributed by atoms with van der Waals surface area (Å²) in [6.07, 6.45) is -2.92. The van der Waals surface area contributed by atoms with Crippen molar-refractivity contribution in [3.63, 3.8) is 0 Å². The van der Waals surface area contributed by atoms with Crippen LogP contribution in [0.3, 0.4) is 0 Å². The molecule has 0 spiro atoms. The Hall–Kier alpha value is -5.78. The maximum atomic E-state index is 15.5. The number of fused-ring (bicyclic) bond motifs is 2. The highest BCUT2D eigenvalue weighted by atomic mass is 35.5. The predicted molar refractivity (Wildman–Crippen MR) is 187 cm³/mol. The summed E-state index contributed by atoms with van der Waals surface area (Å²) in [5, 5.41) is 17.0. The lowest BCUT2D eigenvalue weighted by Gasteiger charge is -2.36. The summed E-state index contributed by atoms with van der Waals surface area (Å²) in [7, 11) is 0. The number of anilines is 2. The molecule has 5 heterocycles. The molecular weight excluding hydrogens is 738 g/mol. The number of benzene rings is 2. The van der Waals surface area contributed by atoms with Crippen molar-refractivity contribution in [1.82, 2.24) is 34.0 Å². The summed E-state index contributed by atoms with van der Waals surface area (Å²) >= 11 is 6.12. The minimum atomic E-state index is -4.65. The summed E-state index contributed by atoms with van der Waals surface area (Å²) in [6.45, 7) is 5.26. The molecule has 5 aromatic rings. The van der Waals surface area contributed by atoms with Crippen LogP contribution in [0.25, 0.3) is 17.2 Å². The van der Waals surface area contributed by atoms with Crippen molar-refractivity contribution in [3.05, 3.63) is 86.1 Å². The Labute approximate surface area is 309 Å². The predicted octanol–water partition coefficient (Wildman–Crippen LogP) is 4.66. The number of ether oxygens (including phenoxy) is 1. The zero-order chi connectivity index (χ0) is 38.6. The topological polar surface area (TPSA) is 160 Å². The van der Waals surface area contributed by atoms with Crippen LogP contribution < -0.4 is 20.5 Å². The molecule has 2 aliphatic rings. The van der Waals surface area contributed by atoms with Gasteiger partial charge in [-0.05, 0) is 50.1 Å². The van der Waals surface area contributed by atoms with Gasteiger partial charge in [-0.2, -0.15) is 22.7 Å². The fourth-order valence-electron chi connectivity index (χ4n) is 6.68. The van der Waals surface area contributed by atoms with Crippen molar-refractivity contribution < 1.29 is 37.0 Å². The first-order valence-electron chi connectivity index (χ1n) is 16.9. The number of aryl methyl sites for hydroxylation is 1. The summed E-state index contributed by atoms with van der Waals surface area (Å²) in [4.78, 5) is 56.8. The Morgan fingerprint density at radius 1 is 1.11 bits per heavy atom. The molecule has 0 bridgehead atoms. The highest BCUT2D eigenvalue weighted by molar-refractivity contribution is 6.33. The summed E-state index contributed by atoms with van der Waals surface area (Å²) in [6, 6.07) is 5.32. The molecule has 3 aromatic heterocycles. The molecule has 282 valence electrons. The van der Waals surface area contributed by atoms with Crippen LogP contribution in [-0.4, -0.2) is 83.2 Å². The number of nitrogens with one attached hydrogen (secondary N) is 1. The fourth-order valence-corrected chi connectivity index (χ4v) is 6.91. The van der Waals surface area contributed by atoms with Gasteiger partial charge in [-0.25, -0.2) is 14.4 Å². The van der Waals surface area contributed by atoms with E-state index in [9.17, 15) is 32.7 Å². The van der Waals surface area contributed by atoms with Gasteiger partial charge in [-0.3, -0.25) is 14.4 Å². The zero-order valence-electron chi connectivity index (χ0n) is 29.0. The third kappa shape index (κ3) is 6.65. The van der Waals surface area contributed by atoms with E-state index in [0.29, 0.717) is 23.9 Å². The number of rotatable bonds is 7. The zero-order valence-corrected chi connectivity index (χ0v) is 29.8. The van der Waals surface area contributed by atoms with Gasteiger partial charge in [0.05, 0.1) is 33.2 Å². The highest BCUT2D eigenvalue weighted by Gasteiger charge is 2.33. The van der Waals surface area contributed by atoms with Gasteiger partial charge < -0.3 is 29.5 Å². The maximum Gasteiger partial charge on any atom is 0.416 e. The second-order valence-corrected chi connectivity index (χ2v) is 13.3. The lowest BCUT2D eigenvalue weighted by Crippen LogP contribution is -2.51. The molecule has 1 saturated heterocycles. The van der Waals surface area contributed by atoms with E-state index in [1.807, 2.05) is 6.92 Å². The molecule has 54 heavy (non-hydrogen) atoms. The molecule has 1 fully saturated rings. The monoisotopic (exact) mass is 769 g/mol. The Kier molecular flexibility index (Phi) is 9.41. The SMILES string of the molecule is CCc1c(N2CCN(C(=O)c3ncnc(C)c3O)CC2)c(=O)n2nc(-c3cc4c(cc3F)OC(C)C4)nc2n1CC(=O)Nc1ccc(C(F)(F)F)cc1Cl. The molecule has 2 aromatic carbocycles. The first kappa shape index (κ1) is 36.6. The first-order valence-corrected chi connectivity index (χ1v) is 17.3. The van der Waals surface area contributed by atoms with Gasteiger partial charge in [0.25, 0.3) is 11.5 Å². The number of halogens is 5. The van der Waals surface area contributed by atoms with Crippen LogP contribution in [0.1, 0.15) is 46.9 Å². The lowest BCUT2D eigenvalue weighted by molar-refractivity contribution is -0.137. The number of aromatic nitrogens is 6. The van der Waals surface area contributed by atoms with Gasteiger partial charge >= 0.3 is 6.18 Å². The first-order chi connectivity index (χ1) is 25.6. The van der Waals surface area contributed by atoms with Gasteiger partial charge in [0, 0.05) is 38.7 Å². The normalized spacial score (nSPS) is 15.7.